The van der Waals surface area contributed by atoms with Crippen LogP contribution in [-0.2, 0) is 4.79 Å². The Morgan fingerprint density at radius 3 is 2.48 bits per heavy atom. The van der Waals surface area contributed by atoms with E-state index in [0.29, 0.717) is 16.5 Å². The zero-order valence-corrected chi connectivity index (χ0v) is 18.1. The molecule has 3 aromatic rings. The molecule has 1 aromatic carbocycles. The molecule has 0 unspecified atom stereocenters. The van der Waals surface area contributed by atoms with Gasteiger partial charge in [0, 0.05) is 22.8 Å². The number of hydrogen-bond acceptors (Lipinski definition) is 8. The Bertz CT molecular complexity index is 1080. The number of methoxy groups -OCH3 is 1. The quantitative estimate of drug-likeness (QED) is 0.546. The van der Waals surface area contributed by atoms with Crippen molar-refractivity contribution in [2.75, 3.05) is 7.11 Å². The second kappa shape index (κ2) is 9.57. The first-order valence-corrected chi connectivity index (χ1v) is 9.83. The summed E-state index contributed by atoms with van der Waals surface area (Å²) in [5.74, 6) is -0.782. The van der Waals surface area contributed by atoms with E-state index in [9.17, 15) is 9.59 Å². The summed E-state index contributed by atoms with van der Waals surface area (Å²) in [5, 5.41) is 7.24. The summed E-state index contributed by atoms with van der Waals surface area (Å²) in [7, 11) is 1.41. The van der Waals surface area contributed by atoms with E-state index in [0.717, 1.165) is 0 Å². The van der Waals surface area contributed by atoms with E-state index in [4.69, 9.17) is 25.6 Å². The molecule has 3 rings (SSSR count). The summed E-state index contributed by atoms with van der Waals surface area (Å²) >= 11 is 5.89. The highest BCUT2D eigenvalue weighted by Gasteiger charge is 2.25. The molecule has 0 saturated carbocycles. The number of benzene rings is 1. The maximum Gasteiger partial charge on any atom is 0.313 e. The van der Waals surface area contributed by atoms with Crippen molar-refractivity contribution >= 4 is 23.5 Å². The predicted octanol–water partition coefficient (Wildman–Crippen LogP) is 3.85. The molecular formula is C21H21ClN4O5. The van der Waals surface area contributed by atoms with Gasteiger partial charge in [0.25, 0.3) is 11.8 Å². The number of nitrogens with one attached hydrogen (secondary N) is 1. The SMILES string of the molecule is COc1ccnc(C(=O)N[C@@H](C)c2noc(-c3ccc(Cl)cc3)n2)c1OC(=O)C(C)C. The number of aromatic nitrogens is 3. The van der Waals surface area contributed by atoms with Gasteiger partial charge >= 0.3 is 5.97 Å². The molecule has 0 saturated heterocycles. The number of pyridine rings is 1. The largest absolute Gasteiger partial charge is 0.493 e. The first-order chi connectivity index (χ1) is 14.8. The van der Waals surface area contributed by atoms with Gasteiger partial charge < -0.3 is 19.3 Å². The van der Waals surface area contributed by atoms with E-state index >= 15 is 0 Å². The molecule has 2 aromatic heterocycles. The monoisotopic (exact) mass is 444 g/mol. The molecule has 1 N–H and O–H groups in total. The van der Waals surface area contributed by atoms with Crippen molar-refractivity contribution in [3.05, 3.63) is 53.1 Å². The van der Waals surface area contributed by atoms with Crippen molar-refractivity contribution in [3.63, 3.8) is 0 Å². The van der Waals surface area contributed by atoms with Gasteiger partial charge in [0.2, 0.25) is 5.75 Å². The lowest BCUT2D eigenvalue weighted by molar-refractivity contribution is -0.137. The Balaban J connectivity index is 1.80. The standard InChI is InChI=1S/C21H21ClN4O5/c1-11(2)21(28)30-17-15(29-4)9-10-23-16(17)19(27)24-12(3)18-25-20(31-26-18)13-5-7-14(22)8-6-13/h5-12H,1-4H3,(H,24,27)/t12-/m0/s1. The van der Waals surface area contributed by atoms with Crippen LogP contribution in [0.2, 0.25) is 5.02 Å². The molecular weight excluding hydrogens is 424 g/mol. The molecule has 31 heavy (non-hydrogen) atoms. The van der Waals surface area contributed by atoms with Gasteiger partial charge in [-0.2, -0.15) is 4.98 Å². The van der Waals surface area contributed by atoms with Crippen molar-refractivity contribution < 1.29 is 23.6 Å². The molecule has 0 aliphatic heterocycles. The smallest absolute Gasteiger partial charge is 0.313 e. The summed E-state index contributed by atoms with van der Waals surface area (Å²) in [6.45, 7) is 5.05. The fraction of sp³-hybridized carbons (Fsp3) is 0.286. The van der Waals surface area contributed by atoms with Crippen LogP contribution in [0.25, 0.3) is 11.5 Å². The minimum Gasteiger partial charge on any atom is -0.493 e. The lowest BCUT2D eigenvalue weighted by Crippen LogP contribution is -2.29. The van der Waals surface area contributed by atoms with Crippen LogP contribution in [0, 0.1) is 5.92 Å². The summed E-state index contributed by atoms with van der Waals surface area (Å²) in [6.07, 6.45) is 1.39. The Kier molecular flexibility index (Phi) is 6.86. The van der Waals surface area contributed by atoms with Crippen molar-refractivity contribution in [2.45, 2.75) is 26.8 Å². The number of carbonyl (C=O) groups is 2. The van der Waals surface area contributed by atoms with Gasteiger partial charge in [0.1, 0.15) is 0 Å². The van der Waals surface area contributed by atoms with Gasteiger partial charge in [0.05, 0.1) is 19.1 Å². The molecule has 10 heteroatoms. The van der Waals surface area contributed by atoms with Crippen LogP contribution in [0.4, 0.5) is 0 Å². The number of nitrogens with zero attached hydrogens (tertiary/aromatic N) is 3. The molecule has 9 nitrogen and oxygen atoms in total. The highest BCUT2D eigenvalue weighted by Crippen LogP contribution is 2.30. The van der Waals surface area contributed by atoms with E-state index in [1.807, 2.05) is 0 Å². The summed E-state index contributed by atoms with van der Waals surface area (Å²) in [4.78, 5) is 33.3. The van der Waals surface area contributed by atoms with Gasteiger partial charge in [-0.1, -0.05) is 30.6 Å². The zero-order chi connectivity index (χ0) is 22.5. The maximum atomic E-state index is 12.9. The average Bonchev–Trinajstić information content (AvgIpc) is 3.24. The molecule has 0 aliphatic rings. The second-order valence-electron chi connectivity index (χ2n) is 6.93. The molecule has 1 amide bonds. The van der Waals surface area contributed by atoms with Gasteiger partial charge in [-0.25, -0.2) is 4.98 Å². The number of rotatable bonds is 7. The highest BCUT2D eigenvalue weighted by atomic mass is 35.5. The molecule has 0 aliphatic carbocycles. The molecule has 0 radical (unpaired) electrons. The normalized spacial score (nSPS) is 11.8. The van der Waals surface area contributed by atoms with E-state index < -0.39 is 23.8 Å². The fourth-order valence-electron chi connectivity index (χ4n) is 2.52. The minimum atomic E-state index is -0.612. The number of carbonyl (C=O) groups excluding carboxylic acids is 2. The molecule has 1 atom stereocenters. The number of halogens is 1. The number of hydrogen-bond donors (Lipinski definition) is 1. The predicted molar refractivity (Wildman–Crippen MR) is 112 cm³/mol. The lowest BCUT2D eigenvalue weighted by Gasteiger charge is -2.15. The van der Waals surface area contributed by atoms with Crippen molar-refractivity contribution in [1.82, 2.24) is 20.4 Å². The molecule has 0 bridgehead atoms. The fourth-order valence-corrected chi connectivity index (χ4v) is 2.65. The maximum absolute atomic E-state index is 12.9. The van der Waals surface area contributed by atoms with Gasteiger partial charge in [0.15, 0.2) is 17.3 Å². The van der Waals surface area contributed by atoms with Gasteiger partial charge in [-0.05, 0) is 31.2 Å². The van der Waals surface area contributed by atoms with Crippen LogP contribution in [-0.4, -0.2) is 34.1 Å². The van der Waals surface area contributed by atoms with Crippen LogP contribution in [0.15, 0.2) is 41.1 Å². The number of esters is 1. The van der Waals surface area contributed by atoms with Crippen molar-refractivity contribution in [3.8, 4) is 23.0 Å². The Morgan fingerprint density at radius 1 is 1.13 bits per heavy atom. The molecule has 0 fully saturated rings. The van der Waals surface area contributed by atoms with Crippen LogP contribution in [0.1, 0.15) is 43.1 Å². The van der Waals surface area contributed by atoms with Crippen LogP contribution in [0.3, 0.4) is 0 Å². The molecule has 162 valence electrons. The molecule has 2 heterocycles. The Morgan fingerprint density at radius 2 is 1.84 bits per heavy atom. The minimum absolute atomic E-state index is 0.0524. The first-order valence-electron chi connectivity index (χ1n) is 9.45. The number of amides is 1. The Hall–Kier alpha value is -3.46. The first kappa shape index (κ1) is 22.2. The van der Waals surface area contributed by atoms with Crippen LogP contribution in [0.5, 0.6) is 11.5 Å². The van der Waals surface area contributed by atoms with E-state index in [1.54, 1.807) is 45.0 Å². The molecule has 0 spiro atoms. The van der Waals surface area contributed by atoms with Crippen molar-refractivity contribution in [2.24, 2.45) is 5.92 Å². The summed E-state index contributed by atoms with van der Waals surface area (Å²) in [6, 6.07) is 7.80. The van der Waals surface area contributed by atoms with Gasteiger partial charge in [-0.3, -0.25) is 9.59 Å². The van der Waals surface area contributed by atoms with E-state index in [1.165, 1.54) is 19.4 Å². The highest BCUT2D eigenvalue weighted by molar-refractivity contribution is 6.30. The topological polar surface area (TPSA) is 116 Å². The van der Waals surface area contributed by atoms with Crippen molar-refractivity contribution in [1.29, 1.82) is 0 Å². The van der Waals surface area contributed by atoms with Gasteiger partial charge in [-0.15, -0.1) is 0 Å². The number of ether oxygens (including phenoxy) is 2. The Labute approximate surface area is 183 Å². The van der Waals surface area contributed by atoms with Crippen LogP contribution < -0.4 is 14.8 Å². The summed E-state index contributed by atoms with van der Waals surface area (Å²) < 4.78 is 15.9. The third-order valence-corrected chi connectivity index (χ3v) is 4.50. The van der Waals surface area contributed by atoms with Crippen LogP contribution >= 0.6 is 11.6 Å². The zero-order valence-electron chi connectivity index (χ0n) is 17.4. The third kappa shape index (κ3) is 5.18. The van der Waals surface area contributed by atoms with E-state index in [2.05, 4.69) is 20.4 Å². The summed E-state index contributed by atoms with van der Waals surface area (Å²) in [5.41, 5.74) is 0.598. The average molecular weight is 445 g/mol. The van der Waals surface area contributed by atoms with E-state index in [-0.39, 0.29) is 23.0 Å². The lowest BCUT2D eigenvalue weighted by atomic mass is 10.2. The second-order valence-corrected chi connectivity index (χ2v) is 7.36. The third-order valence-electron chi connectivity index (χ3n) is 4.25.